The summed E-state index contributed by atoms with van der Waals surface area (Å²) in [5.41, 5.74) is 0.108. The molecule has 90 valence electrons. The van der Waals surface area contributed by atoms with Crippen molar-refractivity contribution >= 4 is 0 Å². The molecule has 1 aliphatic heterocycles. The molecule has 1 saturated heterocycles. The molecule has 3 nitrogen and oxygen atoms in total. The van der Waals surface area contributed by atoms with Crippen LogP contribution in [0.1, 0.15) is 27.2 Å². The summed E-state index contributed by atoms with van der Waals surface area (Å²) < 4.78 is 5.85. The van der Waals surface area contributed by atoms with Crippen LogP contribution >= 0.6 is 0 Å². The van der Waals surface area contributed by atoms with Crippen LogP contribution in [0, 0.1) is 5.92 Å². The molecule has 0 amide bonds. The zero-order valence-electron chi connectivity index (χ0n) is 10.7. The van der Waals surface area contributed by atoms with Gasteiger partial charge in [0.1, 0.15) is 0 Å². The zero-order valence-corrected chi connectivity index (χ0v) is 10.7. The number of ether oxygens (including phenoxy) is 1. The van der Waals surface area contributed by atoms with E-state index in [0.29, 0.717) is 0 Å². The molecule has 1 aliphatic rings. The molecule has 3 heteroatoms. The van der Waals surface area contributed by atoms with E-state index in [9.17, 15) is 0 Å². The predicted octanol–water partition coefficient (Wildman–Crippen LogP) is 1.34. The van der Waals surface area contributed by atoms with Gasteiger partial charge in [-0.15, -0.1) is 0 Å². The third-order valence-corrected chi connectivity index (χ3v) is 3.24. The summed E-state index contributed by atoms with van der Waals surface area (Å²) in [5.74, 6) is 0.788. The van der Waals surface area contributed by atoms with E-state index in [4.69, 9.17) is 4.74 Å². The standard InChI is InChI=1S/C12H26N2O/c1-5-11(2)8-14(4)6-7-15-12(3)9-13-10-12/h11,13H,5-10H2,1-4H3. The maximum Gasteiger partial charge on any atom is 0.0902 e. The number of likely N-dealkylation sites (N-methyl/N-ethyl adjacent to an activating group) is 1. The first-order chi connectivity index (χ1) is 7.06. The minimum atomic E-state index is 0.108. The number of nitrogens with zero attached hydrogens (tertiary/aromatic N) is 1. The fraction of sp³-hybridized carbons (Fsp3) is 1.00. The SMILES string of the molecule is CCC(C)CN(C)CCOC1(C)CNC1. The molecule has 1 rings (SSSR count). The number of hydrogen-bond donors (Lipinski definition) is 1. The van der Waals surface area contributed by atoms with Crippen molar-refractivity contribution in [1.29, 1.82) is 0 Å². The van der Waals surface area contributed by atoms with Crippen molar-refractivity contribution in [3.8, 4) is 0 Å². The molecule has 0 radical (unpaired) electrons. The highest BCUT2D eigenvalue weighted by molar-refractivity contribution is 4.90. The van der Waals surface area contributed by atoms with Crippen LogP contribution in [0.25, 0.3) is 0 Å². The van der Waals surface area contributed by atoms with E-state index in [1.165, 1.54) is 13.0 Å². The molecule has 1 fully saturated rings. The maximum atomic E-state index is 5.85. The summed E-state index contributed by atoms with van der Waals surface area (Å²) in [4.78, 5) is 2.36. The van der Waals surface area contributed by atoms with E-state index in [-0.39, 0.29) is 5.60 Å². The van der Waals surface area contributed by atoms with Crippen molar-refractivity contribution in [2.45, 2.75) is 32.8 Å². The van der Waals surface area contributed by atoms with Gasteiger partial charge < -0.3 is 15.0 Å². The average molecular weight is 214 g/mol. The second kappa shape index (κ2) is 5.83. The highest BCUT2D eigenvalue weighted by atomic mass is 16.5. The lowest BCUT2D eigenvalue weighted by atomic mass is 10.0. The molecule has 1 unspecified atom stereocenters. The van der Waals surface area contributed by atoms with Crippen molar-refractivity contribution in [2.75, 3.05) is 39.8 Å². The minimum absolute atomic E-state index is 0.108. The molecule has 0 bridgehead atoms. The molecule has 0 aliphatic carbocycles. The molecule has 1 heterocycles. The minimum Gasteiger partial charge on any atom is -0.371 e. The average Bonchev–Trinajstić information content (AvgIpc) is 2.15. The Hall–Kier alpha value is -0.120. The highest BCUT2D eigenvalue weighted by Crippen LogP contribution is 2.14. The monoisotopic (exact) mass is 214 g/mol. The first-order valence-corrected chi connectivity index (χ1v) is 6.09. The highest BCUT2D eigenvalue weighted by Gasteiger charge is 2.32. The van der Waals surface area contributed by atoms with Crippen molar-refractivity contribution < 1.29 is 4.74 Å². The van der Waals surface area contributed by atoms with Crippen LogP contribution in [-0.4, -0.2) is 50.3 Å². The van der Waals surface area contributed by atoms with E-state index in [1.807, 2.05) is 0 Å². The topological polar surface area (TPSA) is 24.5 Å². The first-order valence-electron chi connectivity index (χ1n) is 6.09. The van der Waals surface area contributed by atoms with Crippen molar-refractivity contribution in [3.63, 3.8) is 0 Å². The Kier molecular flexibility index (Phi) is 5.03. The molecule has 0 saturated carbocycles. The predicted molar refractivity (Wildman–Crippen MR) is 64.2 cm³/mol. The quantitative estimate of drug-likeness (QED) is 0.692. The van der Waals surface area contributed by atoms with Crippen LogP contribution in [0.3, 0.4) is 0 Å². The van der Waals surface area contributed by atoms with Crippen LogP contribution in [0.2, 0.25) is 0 Å². The van der Waals surface area contributed by atoms with Gasteiger partial charge in [-0.05, 0) is 19.9 Å². The lowest BCUT2D eigenvalue weighted by Crippen LogP contribution is -2.59. The Morgan fingerprint density at radius 2 is 2.13 bits per heavy atom. The van der Waals surface area contributed by atoms with Crippen LogP contribution in [0.5, 0.6) is 0 Å². The van der Waals surface area contributed by atoms with Gasteiger partial charge in [-0.25, -0.2) is 0 Å². The van der Waals surface area contributed by atoms with Gasteiger partial charge >= 0.3 is 0 Å². The van der Waals surface area contributed by atoms with Gasteiger partial charge in [0.05, 0.1) is 12.2 Å². The van der Waals surface area contributed by atoms with E-state index >= 15 is 0 Å². The summed E-state index contributed by atoms with van der Waals surface area (Å²) in [6.07, 6.45) is 1.26. The number of nitrogens with one attached hydrogen (secondary N) is 1. The van der Waals surface area contributed by atoms with Crippen LogP contribution in [0.15, 0.2) is 0 Å². The fourth-order valence-electron chi connectivity index (χ4n) is 1.78. The molecule has 15 heavy (non-hydrogen) atoms. The zero-order chi connectivity index (χ0) is 11.3. The summed E-state index contributed by atoms with van der Waals surface area (Å²) in [5, 5.41) is 3.24. The maximum absolute atomic E-state index is 5.85. The first kappa shape index (κ1) is 12.9. The smallest absolute Gasteiger partial charge is 0.0902 e. The molecule has 0 aromatic heterocycles. The lowest BCUT2D eigenvalue weighted by Gasteiger charge is -2.39. The van der Waals surface area contributed by atoms with Crippen LogP contribution in [-0.2, 0) is 4.74 Å². The van der Waals surface area contributed by atoms with E-state index in [1.54, 1.807) is 0 Å². The summed E-state index contributed by atoms with van der Waals surface area (Å²) in [7, 11) is 2.18. The Balaban J connectivity index is 2.03. The third kappa shape index (κ3) is 4.49. The third-order valence-electron chi connectivity index (χ3n) is 3.24. The van der Waals surface area contributed by atoms with Gasteiger partial charge in [-0.1, -0.05) is 20.3 Å². The van der Waals surface area contributed by atoms with Crippen molar-refractivity contribution in [3.05, 3.63) is 0 Å². The van der Waals surface area contributed by atoms with Gasteiger partial charge in [0, 0.05) is 26.2 Å². The van der Waals surface area contributed by atoms with E-state index < -0.39 is 0 Å². The Morgan fingerprint density at radius 3 is 2.60 bits per heavy atom. The molecular weight excluding hydrogens is 188 g/mol. The molecular formula is C12H26N2O. The largest absolute Gasteiger partial charge is 0.371 e. The normalized spacial score (nSPS) is 21.4. The van der Waals surface area contributed by atoms with Crippen molar-refractivity contribution in [2.24, 2.45) is 5.92 Å². The summed E-state index contributed by atoms with van der Waals surface area (Å²) >= 11 is 0. The van der Waals surface area contributed by atoms with Gasteiger partial charge in [0.25, 0.3) is 0 Å². The molecule has 1 N–H and O–H groups in total. The van der Waals surface area contributed by atoms with Crippen molar-refractivity contribution in [1.82, 2.24) is 10.2 Å². The number of hydrogen-bond acceptors (Lipinski definition) is 3. The molecule has 0 aromatic carbocycles. The molecule has 0 spiro atoms. The Bertz CT molecular complexity index is 180. The second-order valence-electron chi connectivity index (χ2n) is 5.18. The second-order valence-corrected chi connectivity index (χ2v) is 5.18. The van der Waals surface area contributed by atoms with E-state index in [2.05, 4.69) is 38.0 Å². The molecule has 1 atom stereocenters. The molecule has 0 aromatic rings. The summed E-state index contributed by atoms with van der Waals surface area (Å²) in [6.45, 7) is 11.8. The van der Waals surface area contributed by atoms with Gasteiger partial charge in [0.15, 0.2) is 0 Å². The van der Waals surface area contributed by atoms with Crippen LogP contribution < -0.4 is 5.32 Å². The Morgan fingerprint density at radius 1 is 1.47 bits per heavy atom. The summed E-state index contributed by atoms with van der Waals surface area (Å²) in [6, 6.07) is 0. The van der Waals surface area contributed by atoms with Crippen LogP contribution in [0.4, 0.5) is 0 Å². The fourth-order valence-corrected chi connectivity index (χ4v) is 1.78. The van der Waals surface area contributed by atoms with E-state index in [0.717, 1.165) is 32.2 Å². The lowest BCUT2D eigenvalue weighted by molar-refractivity contribution is -0.0713. The van der Waals surface area contributed by atoms with Gasteiger partial charge in [0.2, 0.25) is 0 Å². The number of rotatable bonds is 7. The van der Waals surface area contributed by atoms with Gasteiger partial charge in [-0.2, -0.15) is 0 Å². The Labute approximate surface area is 94.2 Å². The van der Waals surface area contributed by atoms with Gasteiger partial charge in [-0.3, -0.25) is 0 Å².